The molecular formula is C11H13F3N2S. The van der Waals surface area contributed by atoms with Crippen LogP contribution < -0.4 is 10.6 Å². The van der Waals surface area contributed by atoms with Crippen molar-refractivity contribution in [2.45, 2.75) is 16.4 Å². The van der Waals surface area contributed by atoms with E-state index in [2.05, 4.69) is 10.6 Å². The molecule has 0 radical (unpaired) electrons. The third-order valence-electron chi connectivity index (χ3n) is 2.54. The zero-order valence-corrected chi connectivity index (χ0v) is 9.87. The van der Waals surface area contributed by atoms with Gasteiger partial charge in [-0.2, -0.15) is 13.2 Å². The molecule has 0 aromatic heterocycles. The summed E-state index contributed by atoms with van der Waals surface area (Å²) < 4.78 is 36.8. The fourth-order valence-electron chi connectivity index (χ4n) is 1.82. The molecule has 0 aliphatic carbocycles. The van der Waals surface area contributed by atoms with Gasteiger partial charge in [0.1, 0.15) is 0 Å². The number of alkyl halides is 3. The molecular weight excluding hydrogens is 249 g/mol. The normalized spacial score (nSPS) is 21.5. The molecule has 1 atom stereocenters. The second kappa shape index (κ2) is 5.29. The van der Waals surface area contributed by atoms with Crippen LogP contribution in [0, 0.1) is 0 Å². The van der Waals surface area contributed by atoms with Crippen LogP contribution in [-0.2, 0) is 0 Å². The number of thioether (sulfide) groups is 1. The Kier molecular flexibility index (Phi) is 3.96. The van der Waals surface area contributed by atoms with E-state index in [1.165, 1.54) is 6.07 Å². The molecule has 17 heavy (non-hydrogen) atoms. The average Bonchev–Trinajstić information content (AvgIpc) is 2.28. The molecule has 94 valence electrons. The van der Waals surface area contributed by atoms with Gasteiger partial charge in [-0.25, -0.2) is 0 Å². The summed E-state index contributed by atoms with van der Waals surface area (Å²) in [6.07, 6.45) is 0. The van der Waals surface area contributed by atoms with Gasteiger partial charge in [0.2, 0.25) is 0 Å². The first-order valence-electron chi connectivity index (χ1n) is 5.34. The van der Waals surface area contributed by atoms with Gasteiger partial charge < -0.3 is 10.6 Å². The van der Waals surface area contributed by atoms with Gasteiger partial charge in [-0.3, -0.25) is 0 Å². The summed E-state index contributed by atoms with van der Waals surface area (Å²) >= 11 is -0.0693. The Morgan fingerprint density at radius 2 is 2.06 bits per heavy atom. The molecule has 1 aromatic rings. The minimum Gasteiger partial charge on any atom is -0.314 e. The Morgan fingerprint density at radius 3 is 2.71 bits per heavy atom. The van der Waals surface area contributed by atoms with E-state index in [-0.39, 0.29) is 22.7 Å². The lowest BCUT2D eigenvalue weighted by atomic mass is 10.1. The van der Waals surface area contributed by atoms with Gasteiger partial charge in [0.25, 0.3) is 0 Å². The van der Waals surface area contributed by atoms with E-state index in [1.807, 2.05) is 6.07 Å². The van der Waals surface area contributed by atoms with E-state index in [0.717, 1.165) is 25.2 Å². The van der Waals surface area contributed by atoms with E-state index in [0.29, 0.717) is 0 Å². The monoisotopic (exact) mass is 262 g/mol. The number of nitrogens with one attached hydrogen (secondary N) is 2. The SMILES string of the molecule is FC(F)(F)Sc1cccc([C@H]2CNCCN2)c1. The van der Waals surface area contributed by atoms with Crippen LogP contribution in [0.25, 0.3) is 0 Å². The van der Waals surface area contributed by atoms with Crippen LogP contribution in [0.2, 0.25) is 0 Å². The maximum atomic E-state index is 12.3. The standard InChI is InChI=1S/C11H13F3N2S/c12-11(13,14)17-9-3-1-2-8(6-9)10-7-15-4-5-16-10/h1-3,6,10,15-16H,4-5,7H2/t10-/m1/s1. The van der Waals surface area contributed by atoms with E-state index < -0.39 is 5.51 Å². The number of benzene rings is 1. The minimum absolute atomic E-state index is 0.0693. The van der Waals surface area contributed by atoms with Gasteiger partial charge >= 0.3 is 5.51 Å². The molecule has 2 nitrogen and oxygen atoms in total. The summed E-state index contributed by atoms with van der Waals surface area (Å²) in [6.45, 7) is 2.48. The molecule has 1 aliphatic heterocycles. The second-order valence-corrected chi connectivity index (χ2v) is 4.97. The van der Waals surface area contributed by atoms with E-state index in [1.54, 1.807) is 12.1 Å². The van der Waals surface area contributed by atoms with Crippen molar-refractivity contribution >= 4 is 11.8 Å². The Hall–Kier alpha value is -0.720. The lowest BCUT2D eigenvalue weighted by molar-refractivity contribution is -0.0328. The maximum Gasteiger partial charge on any atom is 0.446 e. The second-order valence-electron chi connectivity index (χ2n) is 3.83. The summed E-state index contributed by atoms with van der Waals surface area (Å²) in [4.78, 5) is 0.238. The smallest absolute Gasteiger partial charge is 0.314 e. The van der Waals surface area contributed by atoms with Gasteiger partial charge in [0.05, 0.1) is 0 Å². The Labute approximate surface area is 102 Å². The van der Waals surface area contributed by atoms with Crippen LogP contribution in [0.3, 0.4) is 0 Å². The first kappa shape index (κ1) is 12.7. The average molecular weight is 262 g/mol. The molecule has 1 aromatic carbocycles. The van der Waals surface area contributed by atoms with Crippen LogP contribution >= 0.6 is 11.8 Å². The Balaban J connectivity index is 2.10. The molecule has 0 spiro atoms. The van der Waals surface area contributed by atoms with Crippen LogP contribution in [0.4, 0.5) is 13.2 Å². The molecule has 1 heterocycles. The predicted octanol–water partition coefficient (Wildman–Crippen LogP) is 2.53. The van der Waals surface area contributed by atoms with E-state index in [4.69, 9.17) is 0 Å². The van der Waals surface area contributed by atoms with Gasteiger partial charge in [-0.05, 0) is 29.5 Å². The van der Waals surface area contributed by atoms with Gasteiger partial charge in [0.15, 0.2) is 0 Å². The molecule has 0 amide bonds. The largest absolute Gasteiger partial charge is 0.446 e. The summed E-state index contributed by atoms with van der Waals surface area (Å²) in [5, 5.41) is 6.48. The third kappa shape index (κ3) is 3.90. The van der Waals surface area contributed by atoms with E-state index >= 15 is 0 Å². The number of rotatable bonds is 2. The fourth-order valence-corrected chi connectivity index (χ4v) is 2.43. The lowest BCUT2D eigenvalue weighted by Crippen LogP contribution is -2.42. The quantitative estimate of drug-likeness (QED) is 0.801. The fraction of sp³-hybridized carbons (Fsp3) is 0.455. The third-order valence-corrected chi connectivity index (χ3v) is 3.26. The lowest BCUT2D eigenvalue weighted by Gasteiger charge is -2.25. The van der Waals surface area contributed by atoms with Crippen molar-refractivity contribution in [2.75, 3.05) is 19.6 Å². The number of piperazine rings is 1. The molecule has 0 unspecified atom stereocenters. The number of halogens is 3. The van der Waals surface area contributed by atoms with Gasteiger partial charge in [-0.15, -0.1) is 0 Å². The molecule has 2 N–H and O–H groups in total. The van der Waals surface area contributed by atoms with Gasteiger partial charge in [-0.1, -0.05) is 12.1 Å². The van der Waals surface area contributed by atoms with Crippen molar-refractivity contribution < 1.29 is 13.2 Å². The summed E-state index contributed by atoms with van der Waals surface area (Å²) in [5.41, 5.74) is -3.33. The topological polar surface area (TPSA) is 24.1 Å². The summed E-state index contributed by atoms with van der Waals surface area (Å²) in [6, 6.07) is 6.70. The van der Waals surface area contributed by atoms with Crippen molar-refractivity contribution in [1.82, 2.24) is 10.6 Å². The highest BCUT2D eigenvalue weighted by atomic mass is 32.2. The van der Waals surface area contributed by atoms with Crippen molar-refractivity contribution in [3.05, 3.63) is 29.8 Å². The summed E-state index contributed by atoms with van der Waals surface area (Å²) in [5.74, 6) is 0. The van der Waals surface area contributed by atoms with Crippen molar-refractivity contribution in [3.63, 3.8) is 0 Å². The Morgan fingerprint density at radius 1 is 1.24 bits per heavy atom. The predicted molar refractivity (Wildman–Crippen MR) is 62.0 cm³/mol. The van der Waals surface area contributed by atoms with E-state index in [9.17, 15) is 13.2 Å². The molecule has 2 rings (SSSR count). The highest BCUT2D eigenvalue weighted by Crippen LogP contribution is 2.37. The molecule has 6 heteroatoms. The first-order chi connectivity index (χ1) is 8.04. The van der Waals surface area contributed by atoms with Crippen LogP contribution in [0.5, 0.6) is 0 Å². The first-order valence-corrected chi connectivity index (χ1v) is 6.16. The molecule has 1 aliphatic rings. The highest BCUT2D eigenvalue weighted by Gasteiger charge is 2.29. The van der Waals surface area contributed by atoms with Crippen LogP contribution in [0.1, 0.15) is 11.6 Å². The maximum absolute atomic E-state index is 12.3. The van der Waals surface area contributed by atoms with Crippen LogP contribution in [-0.4, -0.2) is 25.1 Å². The number of hydrogen-bond donors (Lipinski definition) is 2. The summed E-state index contributed by atoms with van der Waals surface area (Å²) in [7, 11) is 0. The molecule has 0 saturated carbocycles. The Bertz CT molecular complexity index is 375. The van der Waals surface area contributed by atoms with Crippen LogP contribution in [0.15, 0.2) is 29.2 Å². The molecule has 1 fully saturated rings. The zero-order chi connectivity index (χ0) is 12.3. The molecule has 0 bridgehead atoms. The number of hydrogen-bond acceptors (Lipinski definition) is 3. The highest BCUT2D eigenvalue weighted by molar-refractivity contribution is 8.00. The zero-order valence-electron chi connectivity index (χ0n) is 9.05. The molecule has 1 saturated heterocycles. The van der Waals surface area contributed by atoms with Crippen molar-refractivity contribution in [3.8, 4) is 0 Å². The van der Waals surface area contributed by atoms with Crippen molar-refractivity contribution in [1.29, 1.82) is 0 Å². The minimum atomic E-state index is -4.23. The van der Waals surface area contributed by atoms with Crippen molar-refractivity contribution in [2.24, 2.45) is 0 Å². The van der Waals surface area contributed by atoms with Gasteiger partial charge in [0, 0.05) is 30.6 Å².